The molecule has 1 aromatic carbocycles. The second-order valence-electron chi connectivity index (χ2n) is 6.34. The van der Waals surface area contributed by atoms with E-state index in [1.165, 1.54) is 15.9 Å². The van der Waals surface area contributed by atoms with E-state index in [9.17, 15) is 14.4 Å². The zero-order valence-corrected chi connectivity index (χ0v) is 17.4. The van der Waals surface area contributed by atoms with Crippen LogP contribution in [-0.2, 0) is 24.3 Å². The normalized spacial score (nSPS) is 10.9. The third kappa shape index (κ3) is 4.19. The summed E-state index contributed by atoms with van der Waals surface area (Å²) in [5.41, 5.74) is 0.690. The fourth-order valence-electron chi connectivity index (χ4n) is 3.15. The van der Waals surface area contributed by atoms with E-state index < -0.39 is 5.69 Å². The summed E-state index contributed by atoms with van der Waals surface area (Å²) in [6.07, 6.45) is 0.601. The quantitative estimate of drug-likeness (QED) is 0.601. The first kappa shape index (κ1) is 20.7. The first-order valence-electron chi connectivity index (χ1n) is 9.18. The van der Waals surface area contributed by atoms with Crippen LogP contribution in [0.25, 0.3) is 10.2 Å². The lowest BCUT2D eigenvalue weighted by molar-refractivity contribution is -0.121. The molecule has 0 unspecified atom stereocenters. The van der Waals surface area contributed by atoms with Crippen molar-refractivity contribution in [3.05, 3.63) is 56.0 Å². The average molecular weight is 417 g/mol. The predicted octanol–water partition coefficient (Wildman–Crippen LogP) is 1.62. The number of hydrogen-bond donors (Lipinski definition) is 1. The maximum atomic E-state index is 12.6. The number of hydrogen-bond acceptors (Lipinski definition) is 6. The van der Waals surface area contributed by atoms with E-state index in [2.05, 4.69) is 5.32 Å². The molecule has 0 spiro atoms. The summed E-state index contributed by atoms with van der Waals surface area (Å²) in [5.74, 6) is 0.983. The summed E-state index contributed by atoms with van der Waals surface area (Å²) in [4.78, 5) is 37.4. The third-order valence-corrected chi connectivity index (χ3v) is 5.53. The van der Waals surface area contributed by atoms with Crippen molar-refractivity contribution in [2.24, 2.45) is 0 Å². The van der Waals surface area contributed by atoms with Gasteiger partial charge < -0.3 is 14.8 Å². The van der Waals surface area contributed by atoms with Crippen LogP contribution in [0.1, 0.15) is 12.5 Å². The summed E-state index contributed by atoms with van der Waals surface area (Å²) < 4.78 is 13.5. The number of fused-ring (bicyclic) bond motifs is 1. The zero-order valence-electron chi connectivity index (χ0n) is 16.6. The molecule has 0 aliphatic heterocycles. The molecule has 0 fully saturated rings. The molecule has 0 saturated carbocycles. The summed E-state index contributed by atoms with van der Waals surface area (Å²) >= 11 is 1.27. The molecule has 0 aliphatic rings. The number of nitrogens with zero attached hydrogens (tertiary/aromatic N) is 2. The molecule has 0 saturated heterocycles. The molecule has 29 heavy (non-hydrogen) atoms. The van der Waals surface area contributed by atoms with Crippen LogP contribution in [0.15, 0.2) is 39.2 Å². The van der Waals surface area contributed by atoms with Gasteiger partial charge in [0.05, 0.1) is 19.7 Å². The molecule has 8 nitrogen and oxygen atoms in total. The number of aromatic nitrogens is 2. The van der Waals surface area contributed by atoms with Crippen LogP contribution in [0, 0.1) is 0 Å². The summed E-state index contributed by atoms with van der Waals surface area (Å²) in [7, 11) is 3.15. The lowest BCUT2D eigenvalue weighted by atomic mass is 10.1. The zero-order chi connectivity index (χ0) is 21.0. The number of benzene rings is 1. The van der Waals surface area contributed by atoms with Gasteiger partial charge in [-0.2, -0.15) is 0 Å². The minimum absolute atomic E-state index is 0.141. The van der Waals surface area contributed by atoms with E-state index in [0.717, 1.165) is 10.1 Å². The lowest BCUT2D eigenvalue weighted by Gasteiger charge is -2.12. The van der Waals surface area contributed by atoms with E-state index >= 15 is 0 Å². The maximum absolute atomic E-state index is 12.6. The topological polar surface area (TPSA) is 91.6 Å². The number of methoxy groups -OCH3 is 2. The first-order valence-corrected chi connectivity index (χ1v) is 10.1. The van der Waals surface area contributed by atoms with Crippen molar-refractivity contribution in [2.45, 2.75) is 26.4 Å². The van der Waals surface area contributed by atoms with Gasteiger partial charge >= 0.3 is 5.69 Å². The van der Waals surface area contributed by atoms with Crippen LogP contribution >= 0.6 is 11.3 Å². The number of carbonyl (C=O) groups excluding carboxylic acids is 1. The number of carbonyl (C=O) groups is 1. The van der Waals surface area contributed by atoms with E-state index in [1.807, 2.05) is 18.2 Å². The molecule has 1 N–H and O–H groups in total. The van der Waals surface area contributed by atoms with Crippen molar-refractivity contribution in [1.82, 2.24) is 14.5 Å². The van der Waals surface area contributed by atoms with Gasteiger partial charge in [-0.3, -0.25) is 18.7 Å². The highest BCUT2D eigenvalue weighted by molar-refractivity contribution is 7.17. The van der Waals surface area contributed by atoms with Gasteiger partial charge in [-0.15, -0.1) is 11.3 Å². The number of amides is 1. The smallest absolute Gasteiger partial charge is 0.331 e. The van der Waals surface area contributed by atoms with Gasteiger partial charge in [-0.1, -0.05) is 6.07 Å². The molecular weight excluding hydrogens is 394 g/mol. The average Bonchev–Trinajstić information content (AvgIpc) is 3.21. The molecule has 9 heteroatoms. The predicted molar refractivity (Wildman–Crippen MR) is 112 cm³/mol. The number of ether oxygens (including phenoxy) is 2. The van der Waals surface area contributed by atoms with E-state index in [4.69, 9.17) is 9.47 Å². The van der Waals surface area contributed by atoms with E-state index in [0.29, 0.717) is 34.7 Å². The fourth-order valence-corrected chi connectivity index (χ4v) is 3.99. The minimum atomic E-state index is -0.474. The second-order valence-corrected chi connectivity index (χ2v) is 7.26. The molecule has 0 atom stereocenters. The SMILES string of the molecule is CCn1c(=O)c2sccc2n(CC(=O)NCCc2ccc(OC)c(OC)c2)c1=O. The van der Waals surface area contributed by atoms with E-state index in [1.54, 1.807) is 32.6 Å². The number of thiophene rings is 1. The highest BCUT2D eigenvalue weighted by Gasteiger charge is 2.15. The van der Waals surface area contributed by atoms with Crippen molar-refractivity contribution in [3.8, 4) is 11.5 Å². The highest BCUT2D eigenvalue weighted by atomic mass is 32.1. The van der Waals surface area contributed by atoms with Crippen molar-refractivity contribution < 1.29 is 14.3 Å². The minimum Gasteiger partial charge on any atom is -0.493 e. The monoisotopic (exact) mass is 417 g/mol. The van der Waals surface area contributed by atoms with Crippen LogP contribution in [0.5, 0.6) is 11.5 Å². The molecule has 3 aromatic rings. The van der Waals surface area contributed by atoms with Crippen LogP contribution in [0.3, 0.4) is 0 Å². The molecular formula is C20H23N3O5S. The Labute approximate surface area is 171 Å². The molecule has 0 radical (unpaired) electrons. The van der Waals surface area contributed by atoms with Crippen molar-refractivity contribution in [3.63, 3.8) is 0 Å². The molecule has 1 amide bonds. The summed E-state index contributed by atoms with van der Waals surface area (Å²) in [6, 6.07) is 7.28. The van der Waals surface area contributed by atoms with Crippen LogP contribution < -0.4 is 26.0 Å². The van der Waals surface area contributed by atoms with Gasteiger partial charge in [-0.25, -0.2) is 4.79 Å². The first-order chi connectivity index (χ1) is 14.0. The van der Waals surface area contributed by atoms with Gasteiger partial charge in [0.15, 0.2) is 11.5 Å². The van der Waals surface area contributed by atoms with Crippen molar-refractivity contribution in [2.75, 3.05) is 20.8 Å². The molecule has 0 aliphatic carbocycles. The second kappa shape index (κ2) is 8.95. The standard InChI is InChI=1S/C20H23N3O5S/c1-4-22-19(25)18-14(8-10-29-18)23(20(22)26)12-17(24)21-9-7-13-5-6-15(27-2)16(11-13)28-3/h5-6,8,10-11H,4,7,9,12H2,1-3H3,(H,21,24). The Balaban J connectivity index is 1.70. The molecule has 154 valence electrons. The molecule has 0 bridgehead atoms. The van der Waals surface area contributed by atoms with Crippen molar-refractivity contribution in [1.29, 1.82) is 0 Å². The Hall–Kier alpha value is -3.07. The molecule has 2 aromatic heterocycles. The Morgan fingerprint density at radius 1 is 1.10 bits per heavy atom. The van der Waals surface area contributed by atoms with Gasteiger partial charge in [-0.05, 0) is 42.5 Å². The van der Waals surface area contributed by atoms with Crippen molar-refractivity contribution >= 4 is 27.5 Å². The van der Waals surface area contributed by atoms with Gasteiger partial charge in [0.25, 0.3) is 5.56 Å². The largest absolute Gasteiger partial charge is 0.493 e. The van der Waals surface area contributed by atoms with E-state index in [-0.39, 0.29) is 24.6 Å². The molecule has 3 rings (SSSR count). The Bertz CT molecular complexity index is 1150. The van der Waals surface area contributed by atoms with Crippen LogP contribution in [0.4, 0.5) is 0 Å². The summed E-state index contributed by atoms with van der Waals surface area (Å²) in [5, 5.41) is 4.57. The fraction of sp³-hybridized carbons (Fsp3) is 0.350. The highest BCUT2D eigenvalue weighted by Crippen LogP contribution is 2.27. The summed E-state index contributed by atoms with van der Waals surface area (Å²) in [6.45, 7) is 2.25. The Morgan fingerprint density at radius 2 is 1.86 bits per heavy atom. The van der Waals surface area contributed by atoms with Gasteiger partial charge in [0, 0.05) is 13.1 Å². The molecule has 2 heterocycles. The van der Waals surface area contributed by atoms with Gasteiger partial charge in [0.2, 0.25) is 5.91 Å². The van der Waals surface area contributed by atoms with Crippen LogP contribution in [-0.4, -0.2) is 35.8 Å². The Morgan fingerprint density at radius 3 is 2.55 bits per heavy atom. The lowest BCUT2D eigenvalue weighted by Crippen LogP contribution is -2.42. The maximum Gasteiger partial charge on any atom is 0.331 e. The third-order valence-electron chi connectivity index (χ3n) is 4.64. The van der Waals surface area contributed by atoms with Gasteiger partial charge in [0.1, 0.15) is 11.2 Å². The Kier molecular flexibility index (Phi) is 6.38. The number of rotatable bonds is 8. The van der Waals surface area contributed by atoms with Crippen LogP contribution in [0.2, 0.25) is 0 Å². The number of nitrogens with one attached hydrogen (secondary N) is 1.